The molecule has 0 aliphatic rings. The van der Waals surface area contributed by atoms with Crippen LogP contribution in [0.2, 0.25) is 5.02 Å². The van der Waals surface area contributed by atoms with Gasteiger partial charge in [-0.15, -0.1) is 0 Å². The molecule has 2 atom stereocenters. The van der Waals surface area contributed by atoms with Gasteiger partial charge in [-0.25, -0.2) is 4.39 Å². The van der Waals surface area contributed by atoms with Crippen LogP contribution < -0.4 is 5.32 Å². The van der Waals surface area contributed by atoms with Crippen molar-refractivity contribution in [2.45, 2.75) is 32.2 Å². The molecule has 1 N–H and O–H groups in total. The van der Waals surface area contributed by atoms with Crippen LogP contribution in [0.1, 0.15) is 43.4 Å². The molecule has 21 heavy (non-hydrogen) atoms. The molecule has 1 aromatic carbocycles. The minimum atomic E-state index is -0.267. The largest absolute Gasteiger partial charge is 0.309 e. The Hall–Kier alpha value is -1.45. The van der Waals surface area contributed by atoms with E-state index in [2.05, 4.69) is 24.1 Å². The number of hydrogen-bond donors (Lipinski definition) is 1. The zero-order valence-corrected chi connectivity index (χ0v) is 13.1. The fourth-order valence-corrected chi connectivity index (χ4v) is 2.78. The van der Waals surface area contributed by atoms with Crippen LogP contribution in [-0.2, 0) is 0 Å². The van der Waals surface area contributed by atoms with Crippen molar-refractivity contribution in [1.82, 2.24) is 10.3 Å². The molecule has 0 aliphatic carbocycles. The first-order valence-electron chi connectivity index (χ1n) is 7.22. The topological polar surface area (TPSA) is 24.9 Å². The molecule has 4 heteroatoms. The Labute approximate surface area is 130 Å². The number of benzene rings is 1. The Morgan fingerprint density at radius 2 is 1.95 bits per heavy atom. The fraction of sp³-hybridized carbons (Fsp3) is 0.353. The minimum absolute atomic E-state index is 0.0916. The number of pyridine rings is 1. The van der Waals surface area contributed by atoms with E-state index in [0.717, 1.165) is 18.5 Å². The predicted octanol–water partition coefficient (Wildman–Crippen LogP) is 4.72. The lowest BCUT2D eigenvalue weighted by atomic mass is 9.88. The van der Waals surface area contributed by atoms with E-state index in [0.29, 0.717) is 10.6 Å². The van der Waals surface area contributed by atoms with Crippen LogP contribution in [0.3, 0.4) is 0 Å². The number of nitrogens with one attached hydrogen (secondary N) is 1. The molecule has 2 aromatic rings. The SMILES string of the molecule is CCCNC(c1c(F)cccc1Cl)C(C)c1ccncc1. The first-order chi connectivity index (χ1) is 10.1. The molecule has 2 unspecified atom stereocenters. The van der Waals surface area contributed by atoms with E-state index in [1.165, 1.54) is 6.07 Å². The van der Waals surface area contributed by atoms with Crippen LogP contribution in [0.15, 0.2) is 42.7 Å². The van der Waals surface area contributed by atoms with Crippen LogP contribution >= 0.6 is 11.6 Å². The molecule has 0 spiro atoms. The monoisotopic (exact) mass is 306 g/mol. The summed E-state index contributed by atoms with van der Waals surface area (Å²) in [6, 6.07) is 8.58. The van der Waals surface area contributed by atoms with Crippen molar-refractivity contribution in [3.63, 3.8) is 0 Å². The summed E-state index contributed by atoms with van der Waals surface area (Å²) in [7, 11) is 0. The molecule has 112 valence electrons. The van der Waals surface area contributed by atoms with E-state index >= 15 is 0 Å². The predicted molar refractivity (Wildman–Crippen MR) is 85.1 cm³/mol. The molecule has 0 saturated carbocycles. The molecular formula is C17H20ClFN2. The van der Waals surface area contributed by atoms with Gasteiger partial charge >= 0.3 is 0 Å². The molecule has 0 amide bonds. The highest BCUT2D eigenvalue weighted by atomic mass is 35.5. The Balaban J connectivity index is 2.39. The maximum Gasteiger partial charge on any atom is 0.129 e. The summed E-state index contributed by atoms with van der Waals surface area (Å²) in [4.78, 5) is 4.04. The van der Waals surface area contributed by atoms with Crippen molar-refractivity contribution in [2.75, 3.05) is 6.54 Å². The third-order valence-corrected chi connectivity index (χ3v) is 3.99. The zero-order chi connectivity index (χ0) is 15.2. The van der Waals surface area contributed by atoms with Crippen LogP contribution in [0.4, 0.5) is 4.39 Å². The fourth-order valence-electron chi connectivity index (χ4n) is 2.50. The van der Waals surface area contributed by atoms with Crippen LogP contribution in [0.25, 0.3) is 0 Å². The second-order valence-electron chi connectivity index (χ2n) is 5.14. The summed E-state index contributed by atoms with van der Waals surface area (Å²) in [5, 5.41) is 3.88. The highest BCUT2D eigenvalue weighted by Crippen LogP contribution is 2.35. The van der Waals surface area contributed by atoms with Gasteiger partial charge in [0, 0.05) is 34.9 Å². The lowest BCUT2D eigenvalue weighted by Crippen LogP contribution is -2.28. The van der Waals surface area contributed by atoms with Crippen molar-refractivity contribution in [2.24, 2.45) is 0 Å². The summed E-state index contributed by atoms with van der Waals surface area (Å²) in [6.45, 7) is 4.97. The summed E-state index contributed by atoms with van der Waals surface area (Å²) < 4.78 is 14.3. The Kier molecular flexibility index (Phi) is 5.71. The number of aromatic nitrogens is 1. The molecule has 0 bridgehead atoms. The van der Waals surface area contributed by atoms with Gasteiger partial charge < -0.3 is 5.32 Å². The van der Waals surface area contributed by atoms with Crippen molar-refractivity contribution in [3.05, 3.63) is 64.7 Å². The van der Waals surface area contributed by atoms with E-state index in [1.807, 2.05) is 12.1 Å². The van der Waals surface area contributed by atoms with Gasteiger partial charge in [0.15, 0.2) is 0 Å². The lowest BCUT2D eigenvalue weighted by Gasteiger charge is -2.27. The molecule has 0 aliphatic heterocycles. The normalized spacial score (nSPS) is 13.9. The van der Waals surface area contributed by atoms with Gasteiger partial charge in [-0.1, -0.05) is 31.5 Å². The minimum Gasteiger partial charge on any atom is -0.309 e. The zero-order valence-electron chi connectivity index (χ0n) is 12.3. The van der Waals surface area contributed by atoms with Crippen molar-refractivity contribution < 1.29 is 4.39 Å². The van der Waals surface area contributed by atoms with Gasteiger partial charge in [0.2, 0.25) is 0 Å². The highest BCUT2D eigenvalue weighted by molar-refractivity contribution is 6.31. The standard InChI is InChI=1S/C17H20ClFN2/c1-3-9-21-17(12(2)13-7-10-20-11-8-13)16-14(18)5-4-6-15(16)19/h4-8,10-12,17,21H,3,9H2,1-2H3. The summed E-state index contributed by atoms with van der Waals surface area (Å²) in [6.07, 6.45) is 4.49. The van der Waals surface area contributed by atoms with E-state index in [1.54, 1.807) is 24.5 Å². The molecule has 0 fully saturated rings. The smallest absolute Gasteiger partial charge is 0.129 e. The van der Waals surface area contributed by atoms with Gasteiger partial charge in [0.25, 0.3) is 0 Å². The average molecular weight is 307 g/mol. The van der Waals surface area contributed by atoms with Crippen LogP contribution in [-0.4, -0.2) is 11.5 Å². The van der Waals surface area contributed by atoms with Crippen LogP contribution in [0, 0.1) is 5.82 Å². The molecule has 0 radical (unpaired) electrons. The maximum atomic E-state index is 14.3. The number of hydrogen-bond acceptors (Lipinski definition) is 2. The number of nitrogens with zero attached hydrogens (tertiary/aromatic N) is 1. The first kappa shape index (κ1) is 15.9. The summed E-state index contributed by atoms with van der Waals surface area (Å²) in [5.74, 6) is -0.175. The van der Waals surface area contributed by atoms with Gasteiger partial charge in [-0.05, 0) is 42.8 Å². The molecule has 1 heterocycles. The first-order valence-corrected chi connectivity index (χ1v) is 7.60. The van der Waals surface area contributed by atoms with Crippen LogP contribution in [0.5, 0.6) is 0 Å². The van der Waals surface area contributed by atoms with Gasteiger partial charge in [0.1, 0.15) is 5.82 Å². The van der Waals surface area contributed by atoms with E-state index in [-0.39, 0.29) is 17.8 Å². The maximum absolute atomic E-state index is 14.3. The highest BCUT2D eigenvalue weighted by Gasteiger charge is 2.25. The van der Waals surface area contributed by atoms with E-state index in [4.69, 9.17) is 11.6 Å². The van der Waals surface area contributed by atoms with Crippen molar-refractivity contribution >= 4 is 11.6 Å². The second kappa shape index (κ2) is 7.53. The second-order valence-corrected chi connectivity index (χ2v) is 5.54. The molecule has 2 nitrogen and oxygen atoms in total. The van der Waals surface area contributed by atoms with Gasteiger partial charge in [-0.2, -0.15) is 0 Å². The number of halogens is 2. The third-order valence-electron chi connectivity index (χ3n) is 3.66. The lowest BCUT2D eigenvalue weighted by molar-refractivity contribution is 0.445. The van der Waals surface area contributed by atoms with Crippen molar-refractivity contribution in [1.29, 1.82) is 0 Å². The van der Waals surface area contributed by atoms with Gasteiger partial charge in [-0.3, -0.25) is 4.98 Å². The Morgan fingerprint density at radius 3 is 2.57 bits per heavy atom. The molecule has 2 rings (SSSR count). The quantitative estimate of drug-likeness (QED) is 0.835. The summed E-state index contributed by atoms with van der Waals surface area (Å²) in [5.41, 5.74) is 1.65. The van der Waals surface area contributed by atoms with E-state index < -0.39 is 0 Å². The molecule has 0 saturated heterocycles. The summed E-state index contributed by atoms with van der Waals surface area (Å²) >= 11 is 6.24. The molecular weight excluding hydrogens is 287 g/mol. The van der Waals surface area contributed by atoms with Crippen molar-refractivity contribution in [3.8, 4) is 0 Å². The van der Waals surface area contributed by atoms with E-state index in [9.17, 15) is 4.39 Å². The molecule has 1 aromatic heterocycles. The number of rotatable bonds is 6. The Bertz CT molecular complexity index is 554. The average Bonchev–Trinajstić information content (AvgIpc) is 2.50. The third kappa shape index (κ3) is 3.80. The Morgan fingerprint density at radius 1 is 1.24 bits per heavy atom. The van der Waals surface area contributed by atoms with Gasteiger partial charge in [0.05, 0.1) is 0 Å².